The SMILES string of the molecule is COc1ccccc1NC(=O)c1cc2cc(C3(O)CCN(Cc4c(F)cccc4F)CC3)ccc2o1. The summed E-state index contributed by atoms with van der Waals surface area (Å²) >= 11 is 0. The van der Waals surface area contributed by atoms with Crippen LogP contribution in [0.15, 0.2) is 71.1 Å². The van der Waals surface area contributed by atoms with Crippen molar-refractivity contribution in [1.82, 2.24) is 4.90 Å². The zero-order chi connectivity index (χ0) is 25.3. The molecular weight excluding hydrogens is 466 g/mol. The van der Waals surface area contributed by atoms with Gasteiger partial charge in [0.15, 0.2) is 5.76 Å². The van der Waals surface area contributed by atoms with Gasteiger partial charge in [-0.1, -0.05) is 24.3 Å². The number of carbonyl (C=O) groups excluding carboxylic acids is 1. The van der Waals surface area contributed by atoms with Crippen molar-refractivity contribution in [2.24, 2.45) is 0 Å². The Morgan fingerprint density at radius 1 is 1.06 bits per heavy atom. The van der Waals surface area contributed by atoms with E-state index in [1.165, 1.54) is 25.3 Å². The number of hydrogen-bond acceptors (Lipinski definition) is 5. The number of para-hydroxylation sites is 2. The molecule has 1 aliphatic rings. The molecule has 2 heterocycles. The molecule has 1 aliphatic heterocycles. The number of aliphatic hydroxyl groups is 1. The van der Waals surface area contributed by atoms with Gasteiger partial charge in [0.2, 0.25) is 0 Å². The third kappa shape index (κ3) is 4.69. The Bertz CT molecular complexity index is 1390. The van der Waals surface area contributed by atoms with Crippen molar-refractivity contribution in [2.45, 2.75) is 25.0 Å². The molecule has 5 rings (SSSR count). The number of hydrogen-bond donors (Lipinski definition) is 2. The van der Waals surface area contributed by atoms with Crippen molar-refractivity contribution in [3.05, 3.63) is 95.3 Å². The summed E-state index contributed by atoms with van der Waals surface area (Å²) in [4.78, 5) is 14.7. The molecule has 0 spiro atoms. The smallest absolute Gasteiger partial charge is 0.291 e. The quantitative estimate of drug-likeness (QED) is 0.374. The van der Waals surface area contributed by atoms with Gasteiger partial charge < -0.3 is 19.6 Å². The fourth-order valence-electron chi connectivity index (χ4n) is 4.65. The van der Waals surface area contributed by atoms with Crippen molar-refractivity contribution in [3.8, 4) is 5.75 Å². The Hall–Kier alpha value is -3.75. The highest BCUT2D eigenvalue weighted by molar-refractivity contribution is 6.05. The minimum Gasteiger partial charge on any atom is -0.495 e. The van der Waals surface area contributed by atoms with Gasteiger partial charge in [-0.3, -0.25) is 9.69 Å². The normalized spacial score (nSPS) is 15.7. The summed E-state index contributed by atoms with van der Waals surface area (Å²) in [6.45, 7) is 1.13. The standard InChI is InChI=1S/C28H26F2N2O4/c1-35-25-8-3-2-7-23(25)31-27(33)26-16-18-15-19(9-10-24(18)36-26)28(34)11-13-32(14-12-28)17-20-21(29)5-4-6-22(20)30/h2-10,15-16,34H,11-14,17H2,1H3,(H,31,33). The van der Waals surface area contributed by atoms with Gasteiger partial charge in [-0.15, -0.1) is 0 Å². The zero-order valence-electron chi connectivity index (χ0n) is 19.8. The number of piperidine rings is 1. The lowest BCUT2D eigenvalue weighted by Crippen LogP contribution is -2.42. The number of halogens is 2. The molecular formula is C28H26F2N2O4. The highest BCUT2D eigenvalue weighted by Gasteiger charge is 2.34. The molecule has 0 unspecified atom stereocenters. The summed E-state index contributed by atoms with van der Waals surface area (Å²) in [6, 6.07) is 17.9. The van der Waals surface area contributed by atoms with E-state index in [9.17, 15) is 18.7 Å². The fourth-order valence-corrected chi connectivity index (χ4v) is 4.65. The molecule has 1 saturated heterocycles. The van der Waals surface area contributed by atoms with Crippen LogP contribution in [0.2, 0.25) is 0 Å². The van der Waals surface area contributed by atoms with Crippen LogP contribution in [-0.2, 0) is 12.1 Å². The van der Waals surface area contributed by atoms with E-state index in [1.54, 1.807) is 36.4 Å². The maximum absolute atomic E-state index is 14.0. The molecule has 0 saturated carbocycles. The maximum atomic E-state index is 14.0. The van der Waals surface area contributed by atoms with E-state index in [1.807, 2.05) is 17.0 Å². The minimum atomic E-state index is -1.09. The van der Waals surface area contributed by atoms with Gasteiger partial charge in [-0.25, -0.2) is 8.78 Å². The number of fused-ring (bicyclic) bond motifs is 1. The first kappa shape index (κ1) is 24.0. The third-order valence-corrected chi connectivity index (χ3v) is 6.76. The second kappa shape index (κ2) is 9.72. The first-order valence-corrected chi connectivity index (χ1v) is 11.7. The Morgan fingerprint density at radius 2 is 1.78 bits per heavy atom. The molecule has 1 fully saturated rings. The first-order chi connectivity index (χ1) is 17.4. The van der Waals surface area contributed by atoms with E-state index in [0.717, 1.165) is 0 Å². The minimum absolute atomic E-state index is 0.0432. The molecule has 6 nitrogen and oxygen atoms in total. The lowest BCUT2D eigenvalue weighted by Gasteiger charge is -2.38. The number of methoxy groups -OCH3 is 1. The Morgan fingerprint density at radius 3 is 2.50 bits per heavy atom. The largest absolute Gasteiger partial charge is 0.495 e. The average Bonchev–Trinajstić information content (AvgIpc) is 3.32. The van der Waals surface area contributed by atoms with E-state index >= 15 is 0 Å². The molecule has 1 aromatic heterocycles. The van der Waals surface area contributed by atoms with Crippen LogP contribution in [0.25, 0.3) is 11.0 Å². The van der Waals surface area contributed by atoms with Crippen LogP contribution in [0.3, 0.4) is 0 Å². The topological polar surface area (TPSA) is 74.9 Å². The van der Waals surface area contributed by atoms with E-state index in [4.69, 9.17) is 9.15 Å². The number of nitrogens with one attached hydrogen (secondary N) is 1. The molecule has 1 amide bonds. The number of ether oxygens (including phenoxy) is 1. The van der Waals surface area contributed by atoms with Gasteiger partial charge in [-0.2, -0.15) is 0 Å². The van der Waals surface area contributed by atoms with Crippen molar-refractivity contribution in [3.63, 3.8) is 0 Å². The Labute approximate surface area is 207 Å². The summed E-state index contributed by atoms with van der Waals surface area (Å²) in [5, 5.41) is 14.9. The molecule has 0 atom stereocenters. The van der Waals surface area contributed by atoms with Crippen molar-refractivity contribution < 1.29 is 27.8 Å². The van der Waals surface area contributed by atoms with Gasteiger partial charge in [0.1, 0.15) is 23.0 Å². The number of benzene rings is 3. The molecule has 2 N–H and O–H groups in total. The number of anilines is 1. The monoisotopic (exact) mass is 492 g/mol. The van der Waals surface area contributed by atoms with Crippen LogP contribution in [0, 0.1) is 11.6 Å². The van der Waals surface area contributed by atoms with Gasteiger partial charge in [0, 0.05) is 30.6 Å². The number of nitrogens with zero attached hydrogens (tertiary/aromatic N) is 1. The third-order valence-electron chi connectivity index (χ3n) is 6.76. The van der Waals surface area contributed by atoms with Crippen LogP contribution in [0.4, 0.5) is 14.5 Å². The first-order valence-electron chi connectivity index (χ1n) is 11.7. The number of likely N-dealkylation sites (tertiary alicyclic amines) is 1. The van der Waals surface area contributed by atoms with Crippen LogP contribution >= 0.6 is 0 Å². The molecule has 186 valence electrons. The summed E-state index contributed by atoms with van der Waals surface area (Å²) in [6.07, 6.45) is 0.821. The predicted molar refractivity (Wildman–Crippen MR) is 132 cm³/mol. The number of carbonyl (C=O) groups is 1. The van der Waals surface area contributed by atoms with Crippen LogP contribution in [0.5, 0.6) is 5.75 Å². The van der Waals surface area contributed by atoms with E-state index in [2.05, 4.69) is 5.32 Å². The summed E-state index contributed by atoms with van der Waals surface area (Å²) in [5.74, 6) is -0.861. The van der Waals surface area contributed by atoms with Crippen molar-refractivity contribution in [2.75, 3.05) is 25.5 Å². The second-order valence-corrected chi connectivity index (χ2v) is 9.03. The molecule has 36 heavy (non-hydrogen) atoms. The average molecular weight is 493 g/mol. The van der Waals surface area contributed by atoms with Gasteiger partial charge in [-0.05, 0) is 60.9 Å². The van der Waals surface area contributed by atoms with Crippen LogP contribution in [-0.4, -0.2) is 36.1 Å². The fraction of sp³-hybridized carbons (Fsp3) is 0.250. The number of rotatable bonds is 6. The Kier molecular flexibility index (Phi) is 6.47. The van der Waals surface area contributed by atoms with Crippen molar-refractivity contribution >= 4 is 22.6 Å². The van der Waals surface area contributed by atoms with E-state index in [-0.39, 0.29) is 17.9 Å². The summed E-state index contributed by atoms with van der Waals surface area (Å²) in [7, 11) is 1.53. The molecule has 4 aromatic rings. The zero-order valence-corrected chi connectivity index (χ0v) is 19.8. The predicted octanol–water partition coefficient (Wildman–Crippen LogP) is 5.46. The molecule has 0 bridgehead atoms. The lowest BCUT2D eigenvalue weighted by atomic mass is 9.84. The second-order valence-electron chi connectivity index (χ2n) is 9.03. The van der Waals surface area contributed by atoms with Crippen LogP contribution < -0.4 is 10.1 Å². The lowest BCUT2D eigenvalue weighted by molar-refractivity contribution is -0.0280. The van der Waals surface area contributed by atoms with E-state index < -0.39 is 23.1 Å². The highest BCUT2D eigenvalue weighted by Crippen LogP contribution is 2.36. The van der Waals surface area contributed by atoms with Gasteiger partial charge in [0.05, 0.1) is 18.4 Å². The summed E-state index contributed by atoms with van der Waals surface area (Å²) in [5.41, 5.74) is 0.726. The van der Waals surface area contributed by atoms with Crippen LogP contribution in [0.1, 0.15) is 34.5 Å². The van der Waals surface area contributed by atoms with Gasteiger partial charge in [0.25, 0.3) is 5.91 Å². The van der Waals surface area contributed by atoms with Gasteiger partial charge >= 0.3 is 0 Å². The summed E-state index contributed by atoms with van der Waals surface area (Å²) < 4.78 is 39.1. The molecule has 8 heteroatoms. The van der Waals surface area contributed by atoms with E-state index in [0.29, 0.717) is 53.9 Å². The Balaban J connectivity index is 1.29. The molecule has 3 aromatic carbocycles. The number of amides is 1. The highest BCUT2D eigenvalue weighted by atomic mass is 19.1. The van der Waals surface area contributed by atoms with Crippen molar-refractivity contribution in [1.29, 1.82) is 0 Å². The molecule has 0 radical (unpaired) electrons. The number of furan rings is 1. The maximum Gasteiger partial charge on any atom is 0.291 e. The molecule has 0 aliphatic carbocycles.